The second-order valence-electron chi connectivity index (χ2n) is 12.1. The van der Waals surface area contributed by atoms with Crippen LogP contribution in [0.25, 0.3) is 0 Å². The molecular weight excluding hydrogens is 448 g/mol. The van der Waals surface area contributed by atoms with E-state index >= 15 is 0 Å². The molecule has 1 heterocycles. The van der Waals surface area contributed by atoms with Crippen LogP contribution in [0.2, 0.25) is 0 Å². The normalized spacial score (nSPS) is 45.3. The molecule has 1 aliphatic heterocycles. The van der Waals surface area contributed by atoms with E-state index in [0.717, 1.165) is 25.7 Å². The fraction of sp³-hybridized carbons (Fsp3) is 0.786. The number of carbonyl (C=O) groups is 4. The summed E-state index contributed by atoms with van der Waals surface area (Å²) in [5, 5.41) is 0. The lowest BCUT2D eigenvalue weighted by Crippen LogP contribution is -2.59. The van der Waals surface area contributed by atoms with Crippen LogP contribution in [-0.4, -0.2) is 48.4 Å². The quantitative estimate of drug-likeness (QED) is 0.416. The standard InChI is InChI=1S/C28H38O7/c1-6-24(32)34-13-17-10-20-21-9-15(2)19-11-18(30)7-8-27(19,5)28(21)23(35-28)12-26(20,4)25(17)22(31)14-33-16(3)29/h11,15,17,20-21,23,25H,6-10,12-14H2,1-5H3/t15-,17+,20-,21-,23-,25+,26-,27-,28?/m0/s1. The van der Waals surface area contributed by atoms with Crippen LogP contribution in [0.1, 0.15) is 73.1 Å². The molecule has 5 aliphatic rings. The van der Waals surface area contributed by atoms with Gasteiger partial charge in [0.15, 0.2) is 11.6 Å². The first-order chi connectivity index (χ1) is 16.5. The van der Waals surface area contributed by atoms with E-state index in [2.05, 4.69) is 20.8 Å². The van der Waals surface area contributed by atoms with E-state index in [-0.39, 0.29) is 82.9 Å². The van der Waals surface area contributed by atoms with E-state index < -0.39 is 5.97 Å². The second kappa shape index (κ2) is 8.25. The Balaban J connectivity index is 1.50. The number of hydrogen-bond donors (Lipinski definition) is 0. The Hall–Kier alpha value is -2.02. The topological polar surface area (TPSA) is 99.3 Å². The summed E-state index contributed by atoms with van der Waals surface area (Å²) in [6.07, 6.45) is 6.06. The van der Waals surface area contributed by atoms with E-state index in [1.54, 1.807) is 6.92 Å². The summed E-state index contributed by atoms with van der Waals surface area (Å²) < 4.78 is 17.4. The van der Waals surface area contributed by atoms with Gasteiger partial charge in [-0.25, -0.2) is 0 Å². The summed E-state index contributed by atoms with van der Waals surface area (Å²) >= 11 is 0. The molecule has 0 aromatic rings. The van der Waals surface area contributed by atoms with Crippen molar-refractivity contribution >= 4 is 23.5 Å². The van der Waals surface area contributed by atoms with Crippen LogP contribution in [0, 0.1) is 40.4 Å². The van der Waals surface area contributed by atoms with Crippen molar-refractivity contribution in [1.82, 2.24) is 0 Å². The minimum absolute atomic E-state index is 0.0452. The Kier molecular flexibility index (Phi) is 5.82. The van der Waals surface area contributed by atoms with Crippen molar-refractivity contribution in [2.45, 2.75) is 84.8 Å². The lowest BCUT2D eigenvalue weighted by Gasteiger charge is -2.57. The van der Waals surface area contributed by atoms with Gasteiger partial charge in [-0.2, -0.15) is 0 Å². The summed E-state index contributed by atoms with van der Waals surface area (Å²) in [5.41, 5.74) is 0.469. The molecule has 4 fully saturated rings. The summed E-state index contributed by atoms with van der Waals surface area (Å²) in [6, 6.07) is 0. The van der Waals surface area contributed by atoms with Gasteiger partial charge in [0.1, 0.15) is 12.2 Å². The highest BCUT2D eigenvalue weighted by molar-refractivity contribution is 5.92. The summed E-state index contributed by atoms with van der Waals surface area (Å²) in [5.74, 6) is -0.290. The van der Waals surface area contributed by atoms with Gasteiger partial charge < -0.3 is 14.2 Å². The average Bonchev–Trinajstić information content (AvgIpc) is 3.45. The molecule has 1 spiro atoms. The molecule has 4 aliphatic carbocycles. The van der Waals surface area contributed by atoms with E-state index in [4.69, 9.17) is 14.2 Å². The Morgan fingerprint density at radius 2 is 1.89 bits per heavy atom. The van der Waals surface area contributed by atoms with E-state index in [0.29, 0.717) is 12.8 Å². The highest BCUT2D eigenvalue weighted by Crippen LogP contribution is 2.77. The molecule has 7 nitrogen and oxygen atoms in total. The molecule has 0 aromatic carbocycles. The minimum atomic E-state index is -0.472. The largest absolute Gasteiger partial charge is 0.465 e. The van der Waals surface area contributed by atoms with Crippen molar-refractivity contribution in [3.8, 4) is 0 Å². The van der Waals surface area contributed by atoms with Crippen LogP contribution in [0.4, 0.5) is 0 Å². The van der Waals surface area contributed by atoms with Crippen LogP contribution in [0.3, 0.4) is 0 Å². The van der Waals surface area contributed by atoms with Gasteiger partial charge in [0.05, 0.1) is 12.7 Å². The first-order valence-corrected chi connectivity index (χ1v) is 13.2. The molecule has 7 heteroatoms. The fourth-order valence-electron chi connectivity index (χ4n) is 8.95. The zero-order valence-electron chi connectivity index (χ0n) is 21.6. The van der Waals surface area contributed by atoms with Crippen molar-refractivity contribution in [3.05, 3.63) is 11.6 Å². The van der Waals surface area contributed by atoms with Gasteiger partial charge in [0.25, 0.3) is 0 Å². The number of ketones is 2. The zero-order chi connectivity index (χ0) is 25.3. The maximum atomic E-state index is 13.5. The molecular formula is C28H38O7. The smallest absolute Gasteiger partial charge is 0.305 e. The number of rotatable bonds is 6. The molecule has 0 amide bonds. The van der Waals surface area contributed by atoms with Gasteiger partial charge in [-0.15, -0.1) is 0 Å². The fourth-order valence-corrected chi connectivity index (χ4v) is 8.95. The maximum Gasteiger partial charge on any atom is 0.305 e. The molecule has 0 radical (unpaired) electrons. The molecule has 1 unspecified atom stereocenters. The molecule has 0 aromatic heterocycles. The van der Waals surface area contributed by atoms with E-state index in [1.165, 1.54) is 12.5 Å². The number of ether oxygens (including phenoxy) is 3. The highest BCUT2D eigenvalue weighted by atomic mass is 16.6. The summed E-state index contributed by atoms with van der Waals surface area (Å²) in [4.78, 5) is 49.2. The zero-order valence-corrected chi connectivity index (χ0v) is 21.6. The van der Waals surface area contributed by atoms with Gasteiger partial charge >= 0.3 is 11.9 Å². The third-order valence-corrected chi connectivity index (χ3v) is 10.3. The Morgan fingerprint density at radius 1 is 1.14 bits per heavy atom. The average molecular weight is 487 g/mol. The van der Waals surface area contributed by atoms with Crippen LogP contribution >= 0.6 is 0 Å². The number of epoxide rings is 1. The van der Waals surface area contributed by atoms with Gasteiger partial charge in [-0.3, -0.25) is 19.2 Å². The Morgan fingerprint density at radius 3 is 2.57 bits per heavy atom. The van der Waals surface area contributed by atoms with Gasteiger partial charge in [-0.1, -0.05) is 33.3 Å². The van der Waals surface area contributed by atoms with Gasteiger partial charge in [0.2, 0.25) is 0 Å². The van der Waals surface area contributed by atoms with Crippen LogP contribution < -0.4 is 0 Å². The molecule has 0 N–H and O–H groups in total. The van der Waals surface area contributed by atoms with E-state index in [1.807, 2.05) is 6.08 Å². The SMILES string of the molecule is CCC(=O)OC[C@H]1C[C@H]2[C@@H]3C[C@H](C)C4=CC(=O)CC[C@]4(C)C34O[C@H]4C[C@]2(C)[C@H]1C(=O)COC(C)=O. The van der Waals surface area contributed by atoms with Crippen molar-refractivity contribution < 1.29 is 33.4 Å². The Bertz CT molecular complexity index is 999. The molecule has 5 rings (SSSR count). The number of Topliss-reactive ketones (excluding diaryl/α,β-unsaturated/α-hetero) is 1. The maximum absolute atomic E-state index is 13.5. The molecule has 0 bridgehead atoms. The van der Waals surface area contributed by atoms with Crippen LogP contribution in [0.5, 0.6) is 0 Å². The van der Waals surface area contributed by atoms with Gasteiger partial charge in [0, 0.05) is 37.0 Å². The predicted octanol–water partition coefficient (Wildman–Crippen LogP) is 3.82. The van der Waals surface area contributed by atoms with Crippen molar-refractivity contribution in [2.75, 3.05) is 13.2 Å². The van der Waals surface area contributed by atoms with E-state index in [9.17, 15) is 19.2 Å². The number of fused-ring (bicyclic) bond motifs is 3. The third-order valence-electron chi connectivity index (χ3n) is 10.3. The Labute approximate surface area is 207 Å². The van der Waals surface area contributed by atoms with Crippen molar-refractivity contribution in [2.24, 2.45) is 40.4 Å². The molecule has 9 atom stereocenters. The number of esters is 2. The first kappa shape index (κ1) is 24.7. The van der Waals surface area contributed by atoms with Crippen molar-refractivity contribution in [1.29, 1.82) is 0 Å². The summed E-state index contributed by atoms with van der Waals surface area (Å²) in [6.45, 7) is 9.75. The van der Waals surface area contributed by atoms with Gasteiger partial charge in [-0.05, 0) is 54.9 Å². The predicted molar refractivity (Wildman–Crippen MR) is 126 cm³/mol. The first-order valence-electron chi connectivity index (χ1n) is 13.2. The molecule has 1 saturated heterocycles. The molecule has 3 saturated carbocycles. The van der Waals surface area contributed by atoms with Crippen molar-refractivity contribution in [3.63, 3.8) is 0 Å². The monoisotopic (exact) mass is 486 g/mol. The second-order valence-corrected chi connectivity index (χ2v) is 12.1. The minimum Gasteiger partial charge on any atom is -0.465 e. The summed E-state index contributed by atoms with van der Waals surface area (Å²) in [7, 11) is 0. The molecule has 35 heavy (non-hydrogen) atoms. The number of hydrogen-bond acceptors (Lipinski definition) is 7. The van der Waals surface area contributed by atoms with Crippen LogP contribution in [0.15, 0.2) is 11.6 Å². The van der Waals surface area contributed by atoms with Crippen LogP contribution in [-0.2, 0) is 33.4 Å². The number of carbonyl (C=O) groups excluding carboxylic acids is 4. The molecule has 192 valence electrons. The third kappa shape index (κ3) is 3.47. The highest BCUT2D eigenvalue weighted by Gasteiger charge is 2.80. The lowest BCUT2D eigenvalue weighted by atomic mass is 9.45. The lowest BCUT2D eigenvalue weighted by molar-refractivity contribution is -0.151.